The summed E-state index contributed by atoms with van der Waals surface area (Å²) in [7, 11) is 0. The summed E-state index contributed by atoms with van der Waals surface area (Å²) in [4.78, 5) is 42.3. The van der Waals surface area contributed by atoms with Crippen LogP contribution in [0.4, 0.5) is 11.6 Å². The van der Waals surface area contributed by atoms with E-state index in [2.05, 4.69) is 25.2 Å². The first-order valence-corrected chi connectivity index (χ1v) is 11.2. The van der Waals surface area contributed by atoms with Crippen LogP contribution in [-0.4, -0.2) is 62.2 Å². The Kier molecular flexibility index (Phi) is 5.90. The third-order valence-electron chi connectivity index (χ3n) is 5.96. The normalized spacial score (nSPS) is 13.8. The number of carbonyl (C=O) groups is 2. The Morgan fingerprint density at radius 3 is 2.38 bits per heavy atom. The summed E-state index contributed by atoms with van der Waals surface area (Å²) in [6.07, 6.45) is 5.51. The Labute approximate surface area is 197 Å². The monoisotopic (exact) mass is 455 g/mol. The van der Waals surface area contributed by atoms with Gasteiger partial charge in [0.2, 0.25) is 11.9 Å². The molecule has 0 spiro atoms. The molecular weight excluding hydrogens is 430 g/mol. The lowest BCUT2D eigenvalue weighted by atomic mass is 10.1. The molecule has 1 saturated heterocycles. The molecule has 1 aliphatic heterocycles. The zero-order valence-corrected chi connectivity index (χ0v) is 18.9. The minimum absolute atomic E-state index is 0.0884. The third-order valence-corrected chi connectivity index (χ3v) is 5.96. The van der Waals surface area contributed by atoms with Crippen molar-refractivity contribution < 1.29 is 9.59 Å². The van der Waals surface area contributed by atoms with Gasteiger partial charge in [0.1, 0.15) is 11.3 Å². The zero-order valence-electron chi connectivity index (χ0n) is 18.9. The maximum Gasteiger partial charge on any atom is 0.275 e. The number of aryl methyl sites for hydroxylation is 1. The van der Waals surface area contributed by atoms with Crippen LogP contribution in [0, 0.1) is 6.92 Å². The van der Waals surface area contributed by atoms with Crippen molar-refractivity contribution in [2.75, 3.05) is 36.4 Å². The van der Waals surface area contributed by atoms with Crippen LogP contribution in [0.3, 0.4) is 0 Å². The Bertz CT molecular complexity index is 1310. The van der Waals surface area contributed by atoms with Gasteiger partial charge in [0.15, 0.2) is 0 Å². The number of amides is 2. The first-order chi connectivity index (χ1) is 16.6. The van der Waals surface area contributed by atoms with Gasteiger partial charge in [0.25, 0.3) is 5.91 Å². The fourth-order valence-corrected chi connectivity index (χ4v) is 4.06. The van der Waals surface area contributed by atoms with Crippen LogP contribution < -0.4 is 10.2 Å². The van der Waals surface area contributed by atoms with Crippen LogP contribution in [0.1, 0.15) is 21.7 Å². The summed E-state index contributed by atoms with van der Waals surface area (Å²) in [5.74, 6) is 0.517. The first-order valence-electron chi connectivity index (χ1n) is 11.2. The maximum absolute atomic E-state index is 12.8. The van der Waals surface area contributed by atoms with E-state index < -0.39 is 0 Å². The molecular formula is C25H25N7O2. The highest BCUT2D eigenvalue weighted by Crippen LogP contribution is 2.15. The molecule has 0 unspecified atom stereocenters. The Hall–Kier alpha value is -4.27. The predicted octanol–water partition coefficient (Wildman–Crippen LogP) is 2.58. The summed E-state index contributed by atoms with van der Waals surface area (Å²) < 4.78 is 1.89. The lowest BCUT2D eigenvalue weighted by molar-refractivity contribution is -0.130. The molecule has 4 aromatic rings. The highest BCUT2D eigenvalue weighted by molar-refractivity contribution is 6.03. The number of imidazole rings is 1. The van der Waals surface area contributed by atoms with Crippen LogP contribution in [0.15, 0.2) is 67.1 Å². The third kappa shape index (κ3) is 4.59. The van der Waals surface area contributed by atoms with Gasteiger partial charge in [0, 0.05) is 56.2 Å². The molecule has 172 valence electrons. The number of benzene rings is 1. The van der Waals surface area contributed by atoms with Gasteiger partial charge in [0.05, 0.1) is 6.42 Å². The molecule has 5 rings (SSSR count). The van der Waals surface area contributed by atoms with E-state index in [1.165, 1.54) is 0 Å². The molecule has 1 aromatic carbocycles. The Morgan fingerprint density at radius 1 is 0.941 bits per heavy atom. The van der Waals surface area contributed by atoms with Crippen LogP contribution in [-0.2, 0) is 11.2 Å². The van der Waals surface area contributed by atoms with Crippen molar-refractivity contribution in [1.29, 1.82) is 0 Å². The van der Waals surface area contributed by atoms with Crippen molar-refractivity contribution in [3.8, 4) is 0 Å². The topological polar surface area (TPSA) is 95.7 Å². The van der Waals surface area contributed by atoms with Crippen LogP contribution in [0.2, 0.25) is 0 Å². The number of aromatic nitrogens is 4. The summed E-state index contributed by atoms with van der Waals surface area (Å²) in [5, 5.41) is 2.88. The van der Waals surface area contributed by atoms with Gasteiger partial charge in [-0.25, -0.2) is 15.0 Å². The molecule has 0 radical (unpaired) electrons. The number of pyridine rings is 1. The molecule has 0 saturated carbocycles. The molecule has 0 atom stereocenters. The number of piperazine rings is 1. The second-order valence-electron chi connectivity index (χ2n) is 8.27. The molecule has 1 fully saturated rings. The van der Waals surface area contributed by atoms with Gasteiger partial charge >= 0.3 is 0 Å². The van der Waals surface area contributed by atoms with Crippen molar-refractivity contribution >= 4 is 29.1 Å². The van der Waals surface area contributed by atoms with E-state index in [0.717, 1.165) is 16.9 Å². The van der Waals surface area contributed by atoms with E-state index in [9.17, 15) is 9.59 Å². The number of nitrogens with one attached hydrogen (secondary N) is 1. The number of fused-ring (bicyclic) bond motifs is 1. The van der Waals surface area contributed by atoms with E-state index in [-0.39, 0.29) is 11.8 Å². The van der Waals surface area contributed by atoms with Gasteiger partial charge < -0.3 is 19.5 Å². The summed E-state index contributed by atoms with van der Waals surface area (Å²) in [6, 6.07) is 14.9. The van der Waals surface area contributed by atoms with Crippen molar-refractivity contribution in [3.05, 3.63) is 84.1 Å². The number of hydrogen-bond acceptors (Lipinski definition) is 6. The highest BCUT2D eigenvalue weighted by atomic mass is 16.2. The minimum Gasteiger partial charge on any atom is -0.339 e. The molecule has 1 aliphatic rings. The van der Waals surface area contributed by atoms with Gasteiger partial charge in [-0.05, 0) is 42.8 Å². The van der Waals surface area contributed by atoms with Gasteiger partial charge in [-0.3, -0.25) is 9.59 Å². The standard InChI is InChI=1S/C25H25N7O2/c1-18-4-2-5-22-29-21(17-32(18)22)24(34)28-20-8-6-19(7-9-20)16-23(33)30-12-14-31(15-13-30)25-26-10-3-11-27-25/h2-11,17H,12-16H2,1H3,(H,28,34). The van der Waals surface area contributed by atoms with Crippen molar-refractivity contribution in [2.24, 2.45) is 0 Å². The number of anilines is 2. The second-order valence-corrected chi connectivity index (χ2v) is 8.27. The average molecular weight is 456 g/mol. The summed E-state index contributed by atoms with van der Waals surface area (Å²) >= 11 is 0. The molecule has 9 heteroatoms. The zero-order chi connectivity index (χ0) is 23.5. The Balaban J connectivity index is 1.15. The lowest BCUT2D eigenvalue weighted by Gasteiger charge is -2.34. The van der Waals surface area contributed by atoms with Crippen molar-refractivity contribution in [3.63, 3.8) is 0 Å². The van der Waals surface area contributed by atoms with E-state index in [1.807, 2.05) is 58.7 Å². The van der Waals surface area contributed by atoms with E-state index >= 15 is 0 Å². The van der Waals surface area contributed by atoms with E-state index in [1.54, 1.807) is 24.7 Å². The predicted molar refractivity (Wildman–Crippen MR) is 129 cm³/mol. The fourth-order valence-electron chi connectivity index (χ4n) is 4.06. The second kappa shape index (κ2) is 9.30. The van der Waals surface area contributed by atoms with Crippen LogP contribution in [0.25, 0.3) is 5.65 Å². The molecule has 34 heavy (non-hydrogen) atoms. The molecule has 1 N–H and O–H groups in total. The molecule has 0 bridgehead atoms. The van der Waals surface area contributed by atoms with E-state index in [0.29, 0.717) is 49.9 Å². The smallest absolute Gasteiger partial charge is 0.275 e. The lowest BCUT2D eigenvalue weighted by Crippen LogP contribution is -2.49. The van der Waals surface area contributed by atoms with Crippen LogP contribution >= 0.6 is 0 Å². The van der Waals surface area contributed by atoms with Gasteiger partial charge in [-0.2, -0.15) is 0 Å². The van der Waals surface area contributed by atoms with Crippen molar-refractivity contribution in [1.82, 2.24) is 24.3 Å². The number of rotatable bonds is 5. The average Bonchev–Trinajstić information content (AvgIpc) is 3.32. The maximum atomic E-state index is 12.8. The highest BCUT2D eigenvalue weighted by Gasteiger charge is 2.22. The summed E-state index contributed by atoms with van der Waals surface area (Å²) in [5.41, 5.74) is 3.66. The number of nitrogens with zero attached hydrogens (tertiary/aromatic N) is 6. The first kappa shape index (κ1) is 21.6. The van der Waals surface area contributed by atoms with Gasteiger partial charge in [-0.15, -0.1) is 0 Å². The molecule has 9 nitrogen and oxygen atoms in total. The Morgan fingerprint density at radius 2 is 1.68 bits per heavy atom. The quantitative estimate of drug-likeness (QED) is 0.497. The fraction of sp³-hybridized carbons (Fsp3) is 0.240. The largest absolute Gasteiger partial charge is 0.339 e. The molecule has 0 aliphatic carbocycles. The molecule has 2 amide bonds. The van der Waals surface area contributed by atoms with Crippen molar-refractivity contribution in [2.45, 2.75) is 13.3 Å². The van der Waals surface area contributed by atoms with Gasteiger partial charge in [-0.1, -0.05) is 18.2 Å². The SMILES string of the molecule is Cc1cccc2nc(C(=O)Nc3ccc(CC(=O)N4CCN(c5ncccn5)CC4)cc3)cn12. The van der Waals surface area contributed by atoms with E-state index in [4.69, 9.17) is 0 Å². The molecule has 3 aromatic heterocycles. The number of carbonyl (C=O) groups excluding carboxylic acids is 2. The summed E-state index contributed by atoms with van der Waals surface area (Å²) in [6.45, 7) is 4.67. The number of hydrogen-bond donors (Lipinski definition) is 1. The molecule has 4 heterocycles. The van der Waals surface area contributed by atoms with Crippen LogP contribution in [0.5, 0.6) is 0 Å². The minimum atomic E-state index is -0.271.